The second-order valence-corrected chi connectivity index (χ2v) is 8.44. The van der Waals surface area contributed by atoms with Crippen LogP contribution in [-0.2, 0) is 11.3 Å². The number of urea groups is 1. The largest absolute Gasteiger partial charge is 0.340 e. The molecule has 2 fully saturated rings. The molecule has 0 saturated carbocycles. The minimum atomic E-state index is 0.0214. The van der Waals surface area contributed by atoms with Crippen LogP contribution >= 0.6 is 22.9 Å². The first kappa shape index (κ1) is 17.5. The number of hydrogen-bond donors (Lipinski definition) is 0. The molecule has 3 rings (SSSR count). The minimum Gasteiger partial charge on any atom is -0.340 e. The molecule has 0 aliphatic carbocycles. The molecule has 2 aliphatic rings. The molecule has 3 amide bonds. The molecule has 0 aromatic carbocycles. The summed E-state index contributed by atoms with van der Waals surface area (Å²) in [6.07, 6.45) is 3.73. The fraction of sp³-hybridized carbons (Fsp3) is 0.647. The zero-order valence-corrected chi connectivity index (χ0v) is 15.6. The van der Waals surface area contributed by atoms with E-state index in [2.05, 4.69) is 0 Å². The highest BCUT2D eigenvalue weighted by molar-refractivity contribution is 7.16. The molecule has 2 saturated heterocycles. The van der Waals surface area contributed by atoms with E-state index in [1.54, 1.807) is 4.90 Å². The lowest BCUT2D eigenvalue weighted by atomic mass is 9.95. The molecule has 1 aromatic rings. The summed E-state index contributed by atoms with van der Waals surface area (Å²) in [5.41, 5.74) is 0. The summed E-state index contributed by atoms with van der Waals surface area (Å²) < 4.78 is 0.750. The van der Waals surface area contributed by atoms with Gasteiger partial charge in [0.2, 0.25) is 5.91 Å². The Kier molecular flexibility index (Phi) is 5.66. The highest BCUT2D eigenvalue weighted by atomic mass is 35.5. The smallest absolute Gasteiger partial charge is 0.319 e. The second-order valence-electron chi connectivity index (χ2n) is 6.64. The van der Waals surface area contributed by atoms with E-state index >= 15 is 0 Å². The predicted octanol–water partition coefficient (Wildman–Crippen LogP) is 3.29. The van der Waals surface area contributed by atoms with Crippen LogP contribution in [0.5, 0.6) is 0 Å². The molecular formula is C17H24ClN3O2S. The number of rotatable bonds is 3. The molecule has 0 unspecified atom stereocenters. The van der Waals surface area contributed by atoms with E-state index in [4.69, 9.17) is 11.6 Å². The number of nitrogens with zero attached hydrogens (tertiary/aromatic N) is 3. The monoisotopic (exact) mass is 369 g/mol. The fourth-order valence-electron chi connectivity index (χ4n) is 3.49. The zero-order chi connectivity index (χ0) is 17.1. The maximum atomic E-state index is 12.6. The van der Waals surface area contributed by atoms with Gasteiger partial charge in [0.25, 0.3) is 0 Å². The van der Waals surface area contributed by atoms with Gasteiger partial charge in [-0.25, -0.2) is 4.79 Å². The van der Waals surface area contributed by atoms with Gasteiger partial charge in [0.15, 0.2) is 0 Å². The third-order valence-corrected chi connectivity index (χ3v) is 6.11. The topological polar surface area (TPSA) is 43.9 Å². The third-order valence-electron chi connectivity index (χ3n) is 4.89. The second kappa shape index (κ2) is 7.74. The molecular weight excluding hydrogens is 346 g/mol. The van der Waals surface area contributed by atoms with Crippen molar-refractivity contribution in [2.75, 3.05) is 33.2 Å². The molecule has 1 aromatic heterocycles. The molecule has 0 spiro atoms. The molecule has 7 heteroatoms. The van der Waals surface area contributed by atoms with Gasteiger partial charge in [0, 0.05) is 44.0 Å². The molecule has 3 heterocycles. The molecule has 0 radical (unpaired) electrons. The number of hydrogen-bond acceptors (Lipinski definition) is 3. The van der Waals surface area contributed by atoms with Crippen LogP contribution in [0, 0.1) is 5.92 Å². The SMILES string of the molecule is CN(Cc1ccc(Cl)s1)C(=O)C1CCN(C(=O)N2CCCC2)CC1. The van der Waals surface area contributed by atoms with Gasteiger partial charge in [0.1, 0.15) is 0 Å². The van der Waals surface area contributed by atoms with E-state index in [0.717, 1.165) is 48.0 Å². The van der Waals surface area contributed by atoms with Gasteiger partial charge in [-0.15, -0.1) is 11.3 Å². The summed E-state index contributed by atoms with van der Waals surface area (Å²) >= 11 is 7.46. The van der Waals surface area contributed by atoms with Crippen molar-refractivity contribution >= 4 is 34.9 Å². The van der Waals surface area contributed by atoms with Crippen LogP contribution in [0.1, 0.15) is 30.6 Å². The van der Waals surface area contributed by atoms with E-state index < -0.39 is 0 Å². The summed E-state index contributed by atoms with van der Waals surface area (Å²) in [6.45, 7) is 3.73. The van der Waals surface area contributed by atoms with E-state index in [9.17, 15) is 9.59 Å². The van der Waals surface area contributed by atoms with Crippen LogP contribution in [-0.4, -0.2) is 59.9 Å². The van der Waals surface area contributed by atoms with Crippen molar-refractivity contribution in [3.63, 3.8) is 0 Å². The van der Waals surface area contributed by atoms with Crippen LogP contribution in [0.4, 0.5) is 4.79 Å². The quantitative estimate of drug-likeness (QED) is 0.820. The number of carbonyl (C=O) groups is 2. The average Bonchev–Trinajstić information content (AvgIpc) is 3.25. The van der Waals surface area contributed by atoms with E-state index in [0.29, 0.717) is 19.6 Å². The third kappa shape index (κ3) is 4.03. The van der Waals surface area contributed by atoms with Gasteiger partial charge in [-0.3, -0.25) is 4.79 Å². The lowest BCUT2D eigenvalue weighted by Gasteiger charge is -2.35. The summed E-state index contributed by atoms with van der Waals surface area (Å²) in [7, 11) is 1.84. The van der Waals surface area contributed by atoms with Gasteiger partial charge in [-0.1, -0.05) is 11.6 Å². The Bertz CT molecular complexity index is 592. The zero-order valence-electron chi connectivity index (χ0n) is 14.0. The number of piperidine rings is 1. The molecule has 2 aliphatic heterocycles. The van der Waals surface area contributed by atoms with Crippen molar-refractivity contribution in [2.24, 2.45) is 5.92 Å². The van der Waals surface area contributed by atoms with E-state index in [1.807, 2.05) is 29.0 Å². The number of halogens is 1. The predicted molar refractivity (Wildman–Crippen MR) is 96.3 cm³/mol. The molecule has 132 valence electrons. The number of carbonyl (C=O) groups excluding carboxylic acids is 2. The highest BCUT2D eigenvalue weighted by Gasteiger charge is 2.31. The average molecular weight is 370 g/mol. The maximum Gasteiger partial charge on any atom is 0.319 e. The Morgan fingerprint density at radius 3 is 2.38 bits per heavy atom. The molecule has 0 bridgehead atoms. The molecule has 0 N–H and O–H groups in total. The Balaban J connectivity index is 1.48. The first-order valence-corrected chi connectivity index (χ1v) is 9.77. The van der Waals surface area contributed by atoms with Gasteiger partial charge in [0.05, 0.1) is 10.9 Å². The first-order valence-electron chi connectivity index (χ1n) is 8.57. The van der Waals surface area contributed by atoms with Crippen LogP contribution in [0.3, 0.4) is 0 Å². The fourth-order valence-corrected chi connectivity index (χ4v) is 4.63. The van der Waals surface area contributed by atoms with Crippen LogP contribution < -0.4 is 0 Å². The summed E-state index contributed by atoms with van der Waals surface area (Å²) in [5, 5.41) is 0. The Morgan fingerprint density at radius 1 is 1.17 bits per heavy atom. The molecule has 5 nitrogen and oxygen atoms in total. The number of thiophene rings is 1. The molecule has 24 heavy (non-hydrogen) atoms. The van der Waals surface area contributed by atoms with Gasteiger partial charge in [-0.2, -0.15) is 0 Å². The first-order chi connectivity index (χ1) is 11.5. The maximum absolute atomic E-state index is 12.6. The standard InChI is InChI=1S/C17H24ClN3O2S/c1-19(12-14-4-5-15(18)24-14)16(22)13-6-10-21(11-7-13)17(23)20-8-2-3-9-20/h4-5,13H,2-3,6-12H2,1H3. The van der Waals surface area contributed by atoms with Crippen molar-refractivity contribution in [3.05, 3.63) is 21.3 Å². The van der Waals surface area contributed by atoms with Crippen LogP contribution in [0.2, 0.25) is 4.34 Å². The van der Waals surface area contributed by atoms with Crippen molar-refractivity contribution in [1.29, 1.82) is 0 Å². The number of amides is 3. The van der Waals surface area contributed by atoms with Crippen LogP contribution in [0.25, 0.3) is 0 Å². The summed E-state index contributed by atoms with van der Waals surface area (Å²) in [4.78, 5) is 31.8. The lowest BCUT2D eigenvalue weighted by Crippen LogP contribution is -2.47. The van der Waals surface area contributed by atoms with Gasteiger partial charge < -0.3 is 14.7 Å². The van der Waals surface area contributed by atoms with Crippen molar-refractivity contribution in [3.8, 4) is 0 Å². The summed E-state index contributed by atoms with van der Waals surface area (Å²) in [5.74, 6) is 0.195. The van der Waals surface area contributed by atoms with Crippen molar-refractivity contribution in [2.45, 2.75) is 32.2 Å². The van der Waals surface area contributed by atoms with Gasteiger partial charge in [-0.05, 0) is 37.8 Å². The Labute approximate surface area is 152 Å². The Hall–Kier alpha value is -1.27. The Morgan fingerprint density at radius 2 is 1.79 bits per heavy atom. The summed E-state index contributed by atoms with van der Waals surface area (Å²) in [6, 6.07) is 3.98. The van der Waals surface area contributed by atoms with Crippen molar-refractivity contribution < 1.29 is 9.59 Å². The minimum absolute atomic E-state index is 0.0214. The van der Waals surface area contributed by atoms with E-state index in [1.165, 1.54) is 11.3 Å². The molecule has 0 atom stereocenters. The van der Waals surface area contributed by atoms with Crippen molar-refractivity contribution in [1.82, 2.24) is 14.7 Å². The normalized spacial score (nSPS) is 18.9. The number of likely N-dealkylation sites (tertiary alicyclic amines) is 2. The highest BCUT2D eigenvalue weighted by Crippen LogP contribution is 2.25. The van der Waals surface area contributed by atoms with Gasteiger partial charge >= 0.3 is 6.03 Å². The van der Waals surface area contributed by atoms with E-state index in [-0.39, 0.29) is 17.9 Å². The van der Waals surface area contributed by atoms with Crippen LogP contribution in [0.15, 0.2) is 12.1 Å². The lowest BCUT2D eigenvalue weighted by molar-refractivity contribution is -0.136.